The Morgan fingerprint density at radius 1 is 1.20 bits per heavy atom. The molecule has 0 saturated carbocycles. The Hall–Kier alpha value is -0.820. The second-order valence-corrected chi connectivity index (χ2v) is 4.61. The van der Waals surface area contributed by atoms with E-state index >= 15 is 0 Å². The zero-order valence-corrected chi connectivity index (χ0v) is 10.4. The maximum absolute atomic E-state index is 6.50. The average molecular weight is 205 g/mol. The van der Waals surface area contributed by atoms with Crippen LogP contribution in [0.5, 0.6) is 0 Å². The van der Waals surface area contributed by atoms with E-state index in [1.807, 2.05) is 0 Å². The normalized spacial score (nSPS) is 15.3. The van der Waals surface area contributed by atoms with Crippen molar-refractivity contribution in [3.63, 3.8) is 0 Å². The number of rotatable bonds is 4. The van der Waals surface area contributed by atoms with Gasteiger partial charge in [-0.05, 0) is 30.9 Å². The summed E-state index contributed by atoms with van der Waals surface area (Å²) in [6.07, 6.45) is 2.27. The summed E-state index contributed by atoms with van der Waals surface area (Å²) in [7, 11) is 0. The summed E-state index contributed by atoms with van der Waals surface area (Å²) in [4.78, 5) is 0. The Kier molecular flexibility index (Phi) is 3.92. The van der Waals surface area contributed by atoms with Crippen LogP contribution in [0.4, 0.5) is 0 Å². The van der Waals surface area contributed by atoms with Crippen molar-refractivity contribution in [2.75, 3.05) is 0 Å². The predicted octanol–water partition coefficient (Wildman–Crippen LogP) is 3.61. The van der Waals surface area contributed by atoms with Gasteiger partial charge in [-0.25, -0.2) is 0 Å². The van der Waals surface area contributed by atoms with Gasteiger partial charge in [0.15, 0.2) is 0 Å². The first-order valence-electron chi connectivity index (χ1n) is 5.89. The Morgan fingerprint density at radius 3 is 2.20 bits per heavy atom. The number of benzene rings is 1. The third kappa shape index (κ3) is 2.40. The van der Waals surface area contributed by atoms with Gasteiger partial charge in [0.1, 0.15) is 0 Å². The van der Waals surface area contributed by atoms with E-state index in [2.05, 4.69) is 52.0 Å². The molecule has 0 radical (unpaired) electrons. The summed E-state index contributed by atoms with van der Waals surface area (Å²) < 4.78 is 0. The molecular weight excluding hydrogens is 182 g/mol. The Bertz CT molecular complexity index is 311. The van der Waals surface area contributed by atoms with Crippen LogP contribution >= 0.6 is 0 Å². The van der Waals surface area contributed by atoms with Gasteiger partial charge in [-0.3, -0.25) is 0 Å². The molecule has 0 amide bonds. The maximum Gasteiger partial charge on any atom is 0.0412 e. The largest absolute Gasteiger partial charge is 0.321 e. The second kappa shape index (κ2) is 4.80. The molecule has 84 valence electrons. The minimum Gasteiger partial charge on any atom is -0.321 e. The summed E-state index contributed by atoms with van der Waals surface area (Å²) in [5.41, 5.74) is 8.90. The molecule has 2 N–H and O–H groups in total. The highest BCUT2D eigenvalue weighted by molar-refractivity contribution is 5.32. The van der Waals surface area contributed by atoms with Crippen LogP contribution in [0.3, 0.4) is 0 Å². The molecule has 1 nitrogen and oxygen atoms in total. The molecule has 0 aliphatic heterocycles. The molecule has 1 aromatic rings. The van der Waals surface area contributed by atoms with Crippen LogP contribution in [0.1, 0.15) is 44.7 Å². The first kappa shape index (κ1) is 12.3. The zero-order chi connectivity index (χ0) is 11.5. The summed E-state index contributed by atoms with van der Waals surface area (Å²) >= 11 is 0. The molecule has 1 atom stereocenters. The Balaban J connectivity index is 3.09. The number of aryl methyl sites for hydroxylation is 1. The molecule has 0 spiro atoms. The zero-order valence-electron chi connectivity index (χ0n) is 10.4. The van der Waals surface area contributed by atoms with Crippen LogP contribution in [0, 0.1) is 12.8 Å². The fourth-order valence-electron chi connectivity index (χ4n) is 2.53. The number of hydrogen-bond donors (Lipinski definition) is 1. The highest BCUT2D eigenvalue weighted by Crippen LogP contribution is 2.32. The van der Waals surface area contributed by atoms with E-state index in [-0.39, 0.29) is 5.54 Å². The van der Waals surface area contributed by atoms with Crippen LogP contribution < -0.4 is 5.73 Å². The summed E-state index contributed by atoms with van der Waals surface area (Å²) in [6, 6.07) is 8.45. The van der Waals surface area contributed by atoms with E-state index < -0.39 is 0 Å². The van der Waals surface area contributed by atoms with Crippen molar-refractivity contribution in [1.82, 2.24) is 0 Å². The van der Waals surface area contributed by atoms with Crippen molar-refractivity contribution in [3.05, 3.63) is 35.4 Å². The monoisotopic (exact) mass is 205 g/mol. The number of nitrogens with two attached hydrogens (primary N) is 1. The van der Waals surface area contributed by atoms with E-state index in [4.69, 9.17) is 5.73 Å². The molecule has 0 aromatic heterocycles. The minimum absolute atomic E-state index is 0.200. The van der Waals surface area contributed by atoms with Crippen LogP contribution in [-0.2, 0) is 5.54 Å². The van der Waals surface area contributed by atoms with Crippen molar-refractivity contribution >= 4 is 0 Å². The molecule has 0 fully saturated rings. The highest BCUT2D eigenvalue weighted by Gasteiger charge is 2.30. The molecule has 1 heteroatoms. The van der Waals surface area contributed by atoms with Crippen LogP contribution in [0.25, 0.3) is 0 Å². The molecule has 0 saturated heterocycles. The van der Waals surface area contributed by atoms with Gasteiger partial charge in [-0.2, -0.15) is 0 Å². The average Bonchev–Trinajstić information content (AvgIpc) is 2.19. The van der Waals surface area contributed by atoms with Crippen molar-refractivity contribution in [2.45, 2.75) is 46.1 Å². The van der Waals surface area contributed by atoms with E-state index in [9.17, 15) is 0 Å². The summed E-state index contributed by atoms with van der Waals surface area (Å²) in [5, 5.41) is 0. The Morgan fingerprint density at radius 2 is 1.73 bits per heavy atom. The molecule has 15 heavy (non-hydrogen) atoms. The topological polar surface area (TPSA) is 26.0 Å². The first-order valence-corrected chi connectivity index (χ1v) is 5.89. The van der Waals surface area contributed by atoms with Crippen LogP contribution in [0.15, 0.2) is 24.3 Å². The minimum atomic E-state index is -0.200. The molecule has 1 aromatic carbocycles. The van der Waals surface area contributed by atoms with Gasteiger partial charge in [0.25, 0.3) is 0 Å². The van der Waals surface area contributed by atoms with Gasteiger partial charge < -0.3 is 5.73 Å². The quantitative estimate of drug-likeness (QED) is 0.798. The molecular formula is C14H23N. The van der Waals surface area contributed by atoms with Crippen LogP contribution in [0.2, 0.25) is 0 Å². The third-order valence-corrected chi connectivity index (χ3v) is 3.56. The van der Waals surface area contributed by atoms with Crippen molar-refractivity contribution in [2.24, 2.45) is 11.7 Å². The molecule has 0 aliphatic rings. The van der Waals surface area contributed by atoms with E-state index in [1.165, 1.54) is 11.1 Å². The first-order chi connectivity index (χ1) is 7.04. The van der Waals surface area contributed by atoms with E-state index in [0.29, 0.717) is 5.92 Å². The lowest BCUT2D eigenvalue weighted by molar-refractivity contribution is 0.281. The van der Waals surface area contributed by atoms with Gasteiger partial charge in [0.2, 0.25) is 0 Å². The lowest BCUT2D eigenvalue weighted by atomic mass is 9.76. The molecule has 0 heterocycles. The SMILES string of the molecule is CCC(CC)C(C)(N)c1ccccc1C. The van der Waals surface area contributed by atoms with Gasteiger partial charge in [-0.15, -0.1) is 0 Å². The van der Waals surface area contributed by atoms with E-state index in [0.717, 1.165) is 12.8 Å². The van der Waals surface area contributed by atoms with Crippen molar-refractivity contribution < 1.29 is 0 Å². The fraction of sp³-hybridized carbons (Fsp3) is 0.571. The van der Waals surface area contributed by atoms with Gasteiger partial charge in [0.05, 0.1) is 0 Å². The molecule has 1 unspecified atom stereocenters. The fourth-order valence-corrected chi connectivity index (χ4v) is 2.53. The van der Waals surface area contributed by atoms with Gasteiger partial charge in [-0.1, -0.05) is 51.0 Å². The molecule has 0 bridgehead atoms. The van der Waals surface area contributed by atoms with Crippen molar-refractivity contribution in [3.8, 4) is 0 Å². The molecule has 0 aliphatic carbocycles. The van der Waals surface area contributed by atoms with Crippen LogP contribution in [-0.4, -0.2) is 0 Å². The highest BCUT2D eigenvalue weighted by atomic mass is 14.7. The second-order valence-electron chi connectivity index (χ2n) is 4.61. The van der Waals surface area contributed by atoms with E-state index in [1.54, 1.807) is 0 Å². The third-order valence-electron chi connectivity index (χ3n) is 3.56. The maximum atomic E-state index is 6.50. The predicted molar refractivity (Wildman–Crippen MR) is 66.8 cm³/mol. The Labute approximate surface area is 93.7 Å². The van der Waals surface area contributed by atoms with Crippen molar-refractivity contribution in [1.29, 1.82) is 0 Å². The summed E-state index contributed by atoms with van der Waals surface area (Å²) in [5.74, 6) is 0.554. The summed E-state index contributed by atoms with van der Waals surface area (Å²) in [6.45, 7) is 8.74. The lowest BCUT2D eigenvalue weighted by Gasteiger charge is -2.34. The number of hydrogen-bond acceptors (Lipinski definition) is 1. The standard InChI is InChI=1S/C14H23N/c1-5-12(6-2)14(4,15)13-10-8-7-9-11(13)3/h7-10,12H,5-6,15H2,1-4H3. The van der Waals surface area contributed by atoms with Gasteiger partial charge >= 0.3 is 0 Å². The van der Waals surface area contributed by atoms with Gasteiger partial charge in [0, 0.05) is 5.54 Å². The lowest BCUT2D eigenvalue weighted by Crippen LogP contribution is -2.41. The smallest absolute Gasteiger partial charge is 0.0412 e. The molecule has 1 rings (SSSR count).